The molecule has 0 amide bonds. The average Bonchev–Trinajstić information content (AvgIpc) is 2.97. The molecule has 0 aromatic carbocycles. The average molecular weight is 251 g/mol. The number of nitrogens with zero attached hydrogens (tertiary/aromatic N) is 2. The number of nitrogens with one attached hydrogen (secondary N) is 1. The molecule has 2 rings (SSSR count). The SMILES string of the molecule is COCCn1ccnc1NC(C)c1ccsc1. The Kier molecular flexibility index (Phi) is 4.17. The van der Waals surface area contributed by atoms with E-state index in [4.69, 9.17) is 4.74 Å². The van der Waals surface area contributed by atoms with Crippen LogP contribution in [0, 0.1) is 0 Å². The summed E-state index contributed by atoms with van der Waals surface area (Å²) in [6.07, 6.45) is 3.76. The lowest BCUT2D eigenvalue weighted by Crippen LogP contribution is -2.12. The van der Waals surface area contributed by atoms with Crippen molar-refractivity contribution in [1.82, 2.24) is 9.55 Å². The van der Waals surface area contributed by atoms with Gasteiger partial charge in [-0.3, -0.25) is 0 Å². The smallest absolute Gasteiger partial charge is 0.203 e. The fourth-order valence-electron chi connectivity index (χ4n) is 1.62. The lowest BCUT2D eigenvalue weighted by molar-refractivity contribution is 0.187. The molecular formula is C12H17N3OS. The largest absolute Gasteiger partial charge is 0.383 e. The summed E-state index contributed by atoms with van der Waals surface area (Å²) in [7, 11) is 1.71. The summed E-state index contributed by atoms with van der Waals surface area (Å²) >= 11 is 1.71. The number of imidazole rings is 1. The van der Waals surface area contributed by atoms with Crippen LogP contribution < -0.4 is 5.32 Å². The van der Waals surface area contributed by atoms with Crippen molar-refractivity contribution in [3.8, 4) is 0 Å². The van der Waals surface area contributed by atoms with Gasteiger partial charge >= 0.3 is 0 Å². The Morgan fingerprint density at radius 1 is 1.59 bits per heavy atom. The van der Waals surface area contributed by atoms with Gasteiger partial charge in [0.15, 0.2) is 0 Å². The molecule has 0 spiro atoms. The second-order valence-electron chi connectivity index (χ2n) is 3.86. The van der Waals surface area contributed by atoms with E-state index in [2.05, 4.69) is 38.6 Å². The van der Waals surface area contributed by atoms with Crippen LogP contribution in [0.4, 0.5) is 5.95 Å². The molecule has 0 aliphatic heterocycles. The van der Waals surface area contributed by atoms with Crippen LogP contribution in [0.25, 0.3) is 0 Å². The minimum absolute atomic E-state index is 0.268. The number of hydrogen-bond acceptors (Lipinski definition) is 4. The first-order valence-corrected chi connectivity index (χ1v) is 6.54. The van der Waals surface area contributed by atoms with Crippen LogP contribution >= 0.6 is 11.3 Å². The summed E-state index contributed by atoms with van der Waals surface area (Å²) in [6.45, 7) is 3.64. The number of thiophene rings is 1. The van der Waals surface area contributed by atoms with Gasteiger partial charge in [0.25, 0.3) is 0 Å². The van der Waals surface area contributed by atoms with Gasteiger partial charge < -0.3 is 14.6 Å². The first-order chi connectivity index (χ1) is 8.31. The highest BCUT2D eigenvalue weighted by molar-refractivity contribution is 7.07. The Labute approximate surface area is 105 Å². The first-order valence-electron chi connectivity index (χ1n) is 5.60. The van der Waals surface area contributed by atoms with Crippen molar-refractivity contribution < 1.29 is 4.74 Å². The molecule has 5 heteroatoms. The van der Waals surface area contributed by atoms with Gasteiger partial charge in [0, 0.05) is 26.0 Å². The Hall–Kier alpha value is -1.33. The van der Waals surface area contributed by atoms with Crippen molar-refractivity contribution >= 4 is 17.3 Å². The van der Waals surface area contributed by atoms with Gasteiger partial charge in [0.2, 0.25) is 5.95 Å². The fourth-order valence-corrected chi connectivity index (χ4v) is 2.37. The van der Waals surface area contributed by atoms with Gasteiger partial charge in [-0.2, -0.15) is 11.3 Å². The summed E-state index contributed by atoms with van der Waals surface area (Å²) in [4.78, 5) is 4.32. The van der Waals surface area contributed by atoms with Crippen LogP contribution in [-0.2, 0) is 11.3 Å². The van der Waals surface area contributed by atoms with Crippen molar-refractivity contribution in [1.29, 1.82) is 0 Å². The Balaban J connectivity index is 2.00. The third-order valence-corrected chi connectivity index (χ3v) is 3.34. The van der Waals surface area contributed by atoms with Crippen molar-refractivity contribution in [3.63, 3.8) is 0 Å². The maximum absolute atomic E-state index is 5.07. The molecule has 17 heavy (non-hydrogen) atoms. The van der Waals surface area contributed by atoms with E-state index in [9.17, 15) is 0 Å². The molecule has 2 heterocycles. The predicted octanol–water partition coefficient (Wildman–Crippen LogP) is 2.76. The van der Waals surface area contributed by atoms with Crippen LogP contribution in [0.1, 0.15) is 18.5 Å². The Morgan fingerprint density at radius 3 is 3.18 bits per heavy atom. The van der Waals surface area contributed by atoms with Crippen LogP contribution in [0.5, 0.6) is 0 Å². The summed E-state index contributed by atoms with van der Waals surface area (Å²) in [6, 6.07) is 2.40. The van der Waals surface area contributed by atoms with E-state index in [0.717, 1.165) is 12.5 Å². The zero-order chi connectivity index (χ0) is 12.1. The summed E-state index contributed by atoms with van der Waals surface area (Å²) in [5.74, 6) is 0.890. The van der Waals surface area contributed by atoms with Gasteiger partial charge in [0.1, 0.15) is 0 Å². The number of methoxy groups -OCH3 is 1. The van der Waals surface area contributed by atoms with E-state index in [1.54, 1.807) is 24.6 Å². The molecule has 1 atom stereocenters. The second-order valence-corrected chi connectivity index (χ2v) is 4.64. The van der Waals surface area contributed by atoms with Crippen molar-refractivity contribution in [2.75, 3.05) is 19.0 Å². The highest BCUT2D eigenvalue weighted by Crippen LogP contribution is 2.20. The number of rotatable bonds is 6. The molecule has 0 saturated heterocycles. The van der Waals surface area contributed by atoms with Gasteiger partial charge in [-0.15, -0.1) is 0 Å². The Morgan fingerprint density at radius 2 is 2.47 bits per heavy atom. The summed E-state index contributed by atoms with van der Waals surface area (Å²) in [5.41, 5.74) is 1.29. The van der Waals surface area contributed by atoms with Gasteiger partial charge in [0.05, 0.1) is 12.6 Å². The minimum atomic E-state index is 0.268. The molecule has 2 aromatic heterocycles. The van der Waals surface area contributed by atoms with Gasteiger partial charge in [-0.25, -0.2) is 4.98 Å². The predicted molar refractivity (Wildman–Crippen MR) is 70.5 cm³/mol. The van der Waals surface area contributed by atoms with E-state index in [0.29, 0.717) is 6.61 Å². The van der Waals surface area contributed by atoms with Crippen LogP contribution in [0.3, 0.4) is 0 Å². The standard InChI is InChI=1S/C12H17N3OS/c1-10(11-3-8-17-9-11)14-12-13-4-5-15(12)6-7-16-2/h3-5,8-10H,6-7H2,1-2H3,(H,13,14). The molecule has 0 saturated carbocycles. The molecule has 0 fully saturated rings. The molecule has 1 N–H and O–H groups in total. The third-order valence-electron chi connectivity index (χ3n) is 2.64. The summed E-state index contributed by atoms with van der Waals surface area (Å²) < 4.78 is 7.13. The van der Waals surface area contributed by atoms with E-state index >= 15 is 0 Å². The zero-order valence-electron chi connectivity index (χ0n) is 10.1. The second kappa shape index (κ2) is 5.84. The van der Waals surface area contributed by atoms with Crippen LogP contribution in [0.2, 0.25) is 0 Å². The molecule has 1 unspecified atom stereocenters. The zero-order valence-corrected chi connectivity index (χ0v) is 10.9. The lowest BCUT2D eigenvalue weighted by Gasteiger charge is -2.14. The molecule has 0 aliphatic carbocycles. The number of hydrogen-bond donors (Lipinski definition) is 1. The molecular weight excluding hydrogens is 234 g/mol. The highest BCUT2D eigenvalue weighted by Gasteiger charge is 2.09. The number of anilines is 1. The third kappa shape index (κ3) is 3.08. The molecule has 4 nitrogen and oxygen atoms in total. The van der Waals surface area contributed by atoms with Gasteiger partial charge in [-0.05, 0) is 29.3 Å². The summed E-state index contributed by atoms with van der Waals surface area (Å²) in [5, 5.41) is 7.65. The fraction of sp³-hybridized carbons (Fsp3) is 0.417. The molecule has 0 radical (unpaired) electrons. The van der Waals surface area contributed by atoms with Crippen molar-refractivity contribution in [2.24, 2.45) is 0 Å². The van der Waals surface area contributed by atoms with Crippen molar-refractivity contribution in [2.45, 2.75) is 19.5 Å². The normalized spacial score (nSPS) is 12.6. The topological polar surface area (TPSA) is 39.1 Å². The van der Waals surface area contributed by atoms with Crippen LogP contribution in [0.15, 0.2) is 29.2 Å². The van der Waals surface area contributed by atoms with E-state index in [-0.39, 0.29) is 6.04 Å². The number of ether oxygens (including phenoxy) is 1. The first kappa shape index (κ1) is 12.1. The maximum atomic E-state index is 5.07. The number of aromatic nitrogens is 2. The molecule has 2 aromatic rings. The maximum Gasteiger partial charge on any atom is 0.203 e. The molecule has 92 valence electrons. The highest BCUT2D eigenvalue weighted by atomic mass is 32.1. The van der Waals surface area contributed by atoms with Gasteiger partial charge in [-0.1, -0.05) is 0 Å². The lowest BCUT2D eigenvalue weighted by atomic mass is 10.2. The van der Waals surface area contributed by atoms with E-state index in [1.807, 2.05) is 6.20 Å². The quantitative estimate of drug-likeness (QED) is 0.858. The van der Waals surface area contributed by atoms with Crippen LogP contribution in [-0.4, -0.2) is 23.3 Å². The molecule has 0 aliphatic rings. The minimum Gasteiger partial charge on any atom is -0.383 e. The Bertz CT molecular complexity index is 438. The molecule has 0 bridgehead atoms. The monoisotopic (exact) mass is 251 g/mol. The van der Waals surface area contributed by atoms with Crippen molar-refractivity contribution in [3.05, 3.63) is 34.8 Å². The van der Waals surface area contributed by atoms with E-state index < -0.39 is 0 Å². The van der Waals surface area contributed by atoms with E-state index in [1.165, 1.54) is 5.56 Å².